The molecule has 1 aromatic heterocycles. The van der Waals surface area contributed by atoms with Crippen LogP contribution in [0.2, 0.25) is 4.34 Å². The molecule has 8 nitrogen and oxygen atoms in total. The van der Waals surface area contributed by atoms with E-state index < -0.39 is 21.7 Å². The van der Waals surface area contributed by atoms with Gasteiger partial charge in [0.25, 0.3) is 10.0 Å². The number of carbonyl (C=O) groups is 1. The smallest absolute Gasteiger partial charge is 0.339 e. The van der Waals surface area contributed by atoms with Crippen LogP contribution in [0.15, 0.2) is 56.7 Å². The number of aromatic carboxylic acids is 1. The Hall–Kier alpha value is -2.95. The second-order valence-corrected chi connectivity index (χ2v) is 9.62. The highest BCUT2D eigenvalue weighted by Gasteiger charge is 2.22. The number of phenols is 1. The minimum Gasteiger partial charge on any atom is -0.507 e. The van der Waals surface area contributed by atoms with E-state index in [9.17, 15) is 18.3 Å². The molecule has 0 aliphatic carbocycles. The number of nitrogens with zero attached hydrogens (tertiary/aromatic N) is 2. The van der Waals surface area contributed by atoms with Gasteiger partial charge in [0, 0.05) is 11.6 Å². The van der Waals surface area contributed by atoms with Crippen LogP contribution in [0, 0.1) is 0 Å². The molecule has 0 atom stereocenters. The number of fused-ring (bicyclic) bond motifs is 1. The Kier molecular flexibility index (Phi) is 4.77. The summed E-state index contributed by atoms with van der Waals surface area (Å²) in [4.78, 5) is 19.4. The van der Waals surface area contributed by atoms with Gasteiger partial charge in [-0.2, -0.15) is 0 Å². The van der Waals surface area contributed by atoms with Crippen LogP contribution in [0.5, 0.6) is 5.75 Å². The Morgan fingerprint density at radius 2 is 1.86 bits per heavy atom. The summed E-state index contributed by atoms with van der Waals surface area (Å²) >= 11 is 7.17. The summed E-state index contributed by atoms with van der Waals surface area (Å²) in [5, 5.41) is 20.2. The molecule has 0 radical (unpaired) electrons. The van der Waals surface area contributed by atoms with E-state index in [-0.39, 0.29) is 15.5 Å². The van der Waals surface area contributed by atoms with Crippen molar-refractivity contribution in [3.63, 3.8) is 0 Å². The van der Waals surface area contributed by atoms with E-state index in [1.807, 2.05) is 0 Å². The summed E-state index contributed by atoms with van der Waals surface area (Å²) in [6, 6.07) is 10.2. The van der Waals surface area contributed by atoms with Crippen molar-refractivity contribution in [3.8, 4) is 16.9 Å². The van der Waals surface area contributed by atoms with Crippen molar-refractivity contribution in [1.82, 2.24) is 0 Å². The predicted molar refractivity (Wildman–Crippen MR) is 108 cm³/mol. The van der Waals surface area contributed by atoms with E-state index in [1.54, 1.807) is 18.2 Å². The topological polar surface area (TPSA) is 128 Å². The number of benzene rings is 2. The van der Waals surface area contributed by atoms with E-state index in [4.69, 9.17) is 16.7 Å². The third kappa shape index (κ3) is 3.69. The Labute approximate surface area is 173 Å². The third-order valence-electron chi connectivity index (χ3n) is 4.18. The number of nitrogens with one attached hydrogen (secondary N) is 1. The normalized spacial score (nSPS) is 12.7. The number of aromatic hydroxyl groups is 1. The second-order valence-electron chi connectivity index (χ2n) is 6.06. The zero-order valence-electron chi connectivity index (χ0n) is 14.5. The van der Waals surface area contributed by atoms with Crippen LogP contribution < -0.4 is 15.4 Å². The Balaban J connectivity index is 1.67. The molecule has 0 spiro atoms. The number of anilines is 1. The van der Waals surface area contributed by atoms with Crippen LogP contribution in [0.25, 0.3) is 11.1 Å². The zero-order valence-corrected chi connectivity index (χ0v) is 16.8. The summed E-state index contributed by atoms with van der Waals surface area (Å²) in [5.41, 5.74) is 0.960. The van der Waals surface area contributed by atoms with Crippen LogP contribution in [0.1, 0.15) is 10.4 Å². The van der Waals surface area contributed by atoms with Gasteiger partial charge in [0.1, 0.15) is 26.5 Å². The summed E-state index contributed by atoms with van der Waals surface area (Å²) in [6.07, 6.45) is 0. The van der Waals surface area contributed by atoms with Crippen molar-refractivity contribution in [3.05, 3.63) is 63.1 Å². The molecule has 29 heavy (non-hydrogen) atoms. The molecule has 148 valence electrons. The average molecular weight is 450 g/mol. The maximum absolute atomic E-state index is 12.7. The van der Waals surface area contributed by atoms with Crippen LogP contribution in [-0.4, -0.2) is 31.3 Å². The van der Waals surface area contributed by atoms with Crippen molar-refractivity contribution in [2.45, 2.75) is 4.21 Å². The van der Waals surface area contributed by atoms with Gasteiger partial charge in [-0.3, -0.25) is 14.7 Å². The first-order chi connectivity index (χ1) is 13.7. The molecule has 2 heterocycles. The van der Waals surface area contributed by atoms with Gasteiger partial charge in [-0.1, -0.05) is 17.7 Å². The van der Waals surface area contributed by atoms with Crippen LogP contribution in [0.3, 0.4) is 0 Å². The number of sulfonamides is 1. The minimum absolute atomic E-state index is 0.0246. The lowest BCUT2D eigenvalue weighted by atomic mass is 10.1. The van der Waals surface area contributed by atoms with Crippen LogP contribution >= 0.6 is 22.9 Å². The lowest BCUT2D eigenvalue weighted by Gasteiger charge is -2.07. The molecule has 11 heteroatoms. The third-order valence-corrected chi connectivity index (χ3v) is 7.39. The first kappa shape index (κ1) is 19.4. The molecule has 0 fully saturated rings. The van der Waals surface area contributed by atoms with Gasteiger partial charge in [-0.15, -0.1) is 11.3 Å². The monoisotopic (exact) mass is 449 g/mol. The molecule has 2 aromatic carbocycles. The molecule has 0 amide bonds. The predicted octanol–water partition coefficient (Wildman–Crippen LogP) is 2.48. The largest absolute Gasteiger partial charge is 0.507 e. The lowest BCUT2D eigenvalue weighted by molar-refractivity contribution is 0.0694. The van der Waals surface area contributed by atoms with E-state index in [2.05, 4.69) is 14.7 Å². The minimum atomic E-state index is -4.00. The van der Waals surface area contributed by atoms with Crippen molar-refractivity contribution < 1.29 is 23.4 Å². The Morgan fingerprint density at radius 1 is 1.10 bits per heavy atom. The van der Waals surface area contributed by atoms with Crippen molar-refractivity contribution in [2.24, 2.45) is 9.98 Å². The van der Waals surface area contributed by atoms with Gasteiger partial charge in [0.15, 0.2) is 0 Å². The summed E-state index contributed by atoms with van der Waals surface area (Å²) < 4.78 is 28.0. The number of halogens is 1. The number of thiophene rings is 1. The quantitative estimate of drug-likeness (QED) is 0.551. The highest BCUT2D eigenvalue weighted by atomic mass is 35.5. The number of carboxylic acids is 1. The summed E-state index contributed by atoms with van der Waals surface area (Å²) in [5.74, 6) is -1.87. The molecule has 3 N–H and O–H groups in total. The molecule has 0 saturated heterocycles. The van der Waals surface area contributed by atoms with Crippen LogP contribution in [0.4, 0.5) is 5.69 Å². The average Bonchev–Trinajstić information content (AvgIpc) is 3.27. The summed E-state index contributed by atoms with van der Waals surface area (Å²) in [6.45, 7) is 0.368. The SMILES string of the molecule is O=C(O)c1ccc(NS(=O)(=O)c2cc(-c3ccc4c(c3)=NCN=4)c(Cl)s2)cc1O. The molecule has 0 saturated carbocycles. The molecule has 1 aliphatic rings. The molecule has 3 aromatic rings. The molecule has 0 unspecified atom stereocenters. The van der Waals surface area contributed by atoms with Gasteiger partial charge in [-0.05, 0) is 35.9 Å². The van der Waals surface area contributed by atoms with E-state index in [0.717, 1.165) is 39.7 Å². The number of hydrogen-bond donors (Lipinski definition) is 3. The lowest BCUT2D eigenvalue weighted by Crippen LogP contribution is -2.20. The fourth-order valence-corrected chi connectivity index (χ4v) is 5.61. The van der Waals surface area contributed by atoms with Crippen molar-refractivity contribution in [1.29, 1.82) is 0 Å². The van der Waals surface area contributed by atoms with Gasteiger partial charge in [0.2, 0.25) is 0 Å². The highest BCUT2D eigenvalue weighted by Crippen LogP contribution is 2.38. The first-order valence-corrected chi connectivity index (χ1v) is 10.8. The van der Waals surface area contributed by atoms with Gasteiger partial charge in [-0.25, -0.2) is 13.2 Å². The molecule has 1 aliphatic heterocycles. The second kappa shape index (κ2) is 7.14. The number of hydrogen-bond acceptors (Lipinski definition) is 7. The Bertz CT molecular complexity index is 1380. The zero-order chi connectivity index (χ0) is 20.8. The van der Waals surface area contributed by atoms with Crippen molar-refractivity contribution >= 4 is 44.6 Å². The van der Waals surface area contributed by atoms with Crippen LogP contribution in [-0.2, 0) is 10.0 Å². The fourth-order valence-electron chi connectivity index (χ4n) is 2.80. The number of rotatable bonds is 5. The summed E-state index contributed by atoms with van der Waals surface area (Å²) in [7, 11) is -4.00. The van der Waals surface area contributed by atoms with E-state index in [0.29, 0.717) is 16.6 Å². The molecule has 4 rings (SSSR count). The Morgan fingerprint density at radius 3 is 2.59 bits per heavy atom. The standard InChI is InChI=1S/C18H12ClN3O5S2/c19-17-12(9-1-4-13-14(5-9)21-8-20-13)7-16(28-17)29(26,27)22-10-2-3-11(18(24)25)15(23)6-10/h1-7,22-23H,8H2,(H,24,25). The maximum Gasteiger partial charge on any atom is 0.339 e. The van der Waals surface area contributed by atoms with Gasteiger partial charge >= 0.3 is 5.97 Å². The van der Waals surface area contributed by atoms with E-state index >= 15 is 0 Å². The van der Waals surface area contributed by atoms with Crippen molar-refractivity contribution in [2.75, 3.05) is 11.4 Å². The van der Waals surface area contributed by atoms with E-state index in [1.165, 1.54) is 12.1 Å². The molecular weight excluding hydrogens is 438 g/mol. The molecule has 0 bridgehead atoms. The first-order valence-electron chi connectivity index (χ1n) is 8.12. The number of carboxylic acid groups (broad SMARTS) is 1. The maximum atomic E-state index is 12.7. The van der Waals surface area contributed by atoms with Gasteiger partial charge in [0.05, 0.1) is 16.4 Å². The van der Waals surface area contributed by atoms with Gasteiger partial charge < -0.3 is 10.2 Å². The highest BCUT2D eigenvalue weighted by molar-refractivity contribution is 7.94. The molecular formula is C18H12ClN3O5S2. The fraction of sp³-hybridized carbons (Fsp3) is 0.0556.